The maximum absolute atomic E-state index is 13.1. The lowest BCUT2D eigenvalue weighted by molar-refractivity contribution is -0.343. The molecule has 2 amide bonds. The van der Waals surface area contributed by atoms with E-state index < -0.39 is 18.0 Å². The van der Waals surface area contributed by atoms with Crippen LogP contribution >= 0.6 is 0 Å². The van der Waals surface area contributed by atoms with E-state index in [1.165, 1.54) is 0 Å². The van der Waals surface area contributed by atoms with Gasteiger partial charge in [-0.25, -0.2) is 4.98 Å². The van der Waals surface area contributed by atoms with Crippen molar-refractivity contribution in [3.63, 3.8) is 0 Å². The number of nitrogens with one attached hydrogen (secondary N) is 3. The molecule has 8 nitrogen and oxygen atoms in total. The highest BCUT2D eigenvalue weighted by Crippen LogP contribution is 2.14. The van der Waals surface area contributed by atoms with Crippen molar-refractivity contribution in [1.82, 2.24) is 5.32 Å². The Morgan fingerprint density at radius 1 is 0.969 bits per heavy atom. The molecular weight excluding hydrogens is 404 g/mol. The van der Waals surface area contributed by atoms with Crippen LogP contribution in [0.1, 0.15) is 18.4 Å². The highest BCUT2D eigenvalue weighted by atomic mass is 16.2. The van der Waals surface area contributed by atoms with E-state index in [2.05, 4.69) is 15.6 Å². The van der Waals surface area contributed by atoms with Gasteiger partial charge >= 0.3 is 0 Å². The summed E-state index contributed by atoms with van der Waals surface area (Å²) in [4.78, 5) is 28.9. The summed E-state index contributed by atoms with van der Waals surface area (Å²) in [5, 5.41) is 6.65. The molecule has 3 aromatic rings. The molecule has 0 saturated carbocycles. The maximum Gasteiger partial charge on any atom is 0.247 e. The third kappa shape index (κ3) is 6.58. The molecular formula is C24H31N6O2+. The van der Waals surface area contributed by atoms with Crippen LogP contribution in [-0.4, -0.2) is 36.5 Å². The van der Waals surface area contributed by atoms with Gasteiger partial charge in [0, 0.05) is 24.0 Å². The number of hydrogen-bond donors (Lipinski definition) is 5. The molecule has 0 aliphatic carbocycles. The minimum Gasteiger partial charge on any atom is -0.343 e. The van der Waals surface area contributed by atoms with Crippen molar-refractivity contribution in [2.75, 3.05) is 11.9 Å². The lowest BCUT2D eigenvalue weighted by Gasteiger charge is -2.22. The monoisotopic (exact) mass is 435 g/mol. The number of aryl methyl sites for hydroxylation is 1. The number of rotatable bonds is 10. The van der Waals surface area contributed by atoms with E-state index in [-0.39, 0.29) is 24.9 Å². The van der Waals surface area contributed by atoms with Gasteiger partial charge in [-0.1, -0.05) is 42.5 Å². The predicted molar refractivity (Wildman–Crippen MR) is 125 cm³/mol. The zero-order valence-corrected chi connectivity index (χ0v) is 18.0. The Morgan fingerprint density at radius 2 is 1.69 bits per heavy atom. The number of aromatic amines is 1. The molecule has 1 heterocycles. The van der Waals surface area contributed by atoms with Crippen LogP contribution in [0.15, 0.2) is 66.9 Å². The van der Waals surface area contributed by atoms with Crippen LogP contribution in [0.5, 0.6) is 0 Å². The fraction of sp³-hybridized carbons (Fsp3) is 0.292. The highest BCUT2D eigenvalue weighted by molar-refractivity contribution is 5.98. The number of hydrogen-bond acceptors (Lipinski definition) is 5. The number of amides is 2. The van der Waals surface area contributed by atoms with E-state index in [0.717, 1.165) is 16.5 Å². The van der Waals surface area contributed by atoms with Crippen molar-refractivity contribution in [2.45, 2.75) is 37.4 Å². The van der Waals surface area contributed by atoms with Gasteiger partial charge in [0.1, 0.15) is 11.7 Å². The molecule has 9 N–H and O–H groups in total. The molecule has 1 aromatic heterocycles. The van der Waals surface area contributed by atoms with Crippen LogP contribution in [0.2, 0.25) is 0 Å². The molecule has 2 aromatic carbocycles. The van der Waals surface area contributed by atoms with Crippen LogP contribution in [0.3, 0.4) is 0 Å². The van der Waals surface area contributed by atoms with Crippen LogP contribution in [-0.2, 0) is 16.0 Å². The highest BCUT2D eigenvalue weighted by Gasteiger charge is 2.25. The quantitative estimate of drug-likeness (QED) is 0.318. The Labute approximate surface area is 187 Å². The van der Waals surface area contributed by atoms with Gasteiger partial charge < -0.3 is 27.8 Å². The Bertz CT molecular complexity index is 1040. The van der Waals surface area contributed by atoms with E-state index in [4.69, 9.17) is 17.2 Å². The Hall–Kier alpha value is -3.33. The second-order valence-electron chi connectivity index (χ2n) is 7.89. The first-order valence-electron chi connectivity index (χ1n) is 10.7. The number of carbonyl (C=O) groups is 2. The largest absolute Gasteiger partial charge is 0.343 e. The van der Waals surface area contributed by atoms with Gasteiger partial charge in [-0.2, -0.15) is 0 Å². The van der Waals surface area contributed by atoms with Crippen LogP contribution in [0, 0.1) is 0 Å². The number of anilines is 1. The van der Waals surface area contributed by atoms with E-state index >= 15 is 0 Å². The molecule has 3 atom stereocenters. The van der Waals surface area contributed by atoms with Gasteiger partial charge in [0.05, 0.1) is 6.04 Å². The second-order valence-corrected chi connectivity index (χ2v) is 7.89. The third-order valence-electron chi connectivity index (χ3n) is 5.32. The number of aromatic nitrogens is 1. The van der Waals surface area contributed by atoms with Crippen LogP contribution in [0.25, 0.3) is 10.9 Å². The van der Waals surface area contributed by atoms with Gasteiger partial charge in [-0.3, -0.25) is 9.59 Å². The summed E-state index contributed by atoms with van der Waals surface area (Å²) < 4.78 is 0. The fourth-order valence-corrected chi connectivity index (χ4v) is 3.45. The lowest BCUT2D eigenvalue weighted by atomic mass is 10.0. The average Bonchev–Trinajstić information content (AvgIpc) is 2.81. The molecule has 0 aliphatic rings. The van der Waals surface area contributed by atoms with Crippen LogP contribution < -0.4 is 32.8 Å². The number of benzene rings is 2. The topological polar surface area (TPSA) is 150 Å². The number of carbonyl (C=O) groups excluding carboxylic acids is 2. The molecule has 3 rings (SSSR count). The van der Waals surface area contributed by atoms with Crippen molar-refractivity contribution >= 4 is 28.4 Å². The van der Waals surface area contributed by atoms with Gasteiger partial charge in [0.2, 0.25) is 17.3 Å². The second kappa shape index (κ2) is 11.3. The number of pyridine rings is 1. The number of H-pyrrole nitrogens is 1. The van der Waals surface area contributed by atoms with Crippen molar-refractivity contribution in [1.29, 1.82) is 0 Å². The molecule has 8 heteroatoms. The lowest BCUT2D eigenvalue weighted by Crippen LogP contribution is -2.52. The first kappa shape index (κ1) is 23.3. The average molecular weight is 436 g/mol. The molecule has 0 bridgehead atoms. The van der Waals surface area contributed by atoms with E-state index in [0.29, 0.717) is 18.5 Å². The maximum atomic E-state index is 13.1. The summed E-state index contributed by atoms with van der Waals surface area (Å²) in [5.74, 6) is -0.736. The van der Waals surface area contributed by atoms with E-state index in [9.17, 15) is 9.59 Å². The zero-order chi connectivity index (χ0) is 22.9. The fourth-order valence-electron chi connectivity index (χ4n) is 3.45. The molecule has 0 spiro atoms. The molecule has 168 valence electrons. The summed E-state index contributed by atoms with van der Waals surface area (Å²) in [6.07, 6.45) is 3.02. The van der Waals surface area contributed by atoms with Crippen LogP contribution in [0.4, 0.5) is 5.69 Å². The minimum atomic E-state index is -0.838. The van der Waals surface area contributed by atoms with Gasteiger partial charge in [0.15, 0.2) is 6.20 Å². The first-order valence-corrected chi connectivity index (χ1v) is 10.7. The van der Waals surface area contributed by atoms with Crippen molar-refractivity contribution in [3.8, 4) is 0 Å². The molecule has 0 aliphatic heterocycles. The first-order chi connectivity index (χ1) is 15.5. The van der Waals surface area contributed by atoms with Crippen molar-refractivity contribution < 1.29 is 14.6 Å². The number of fused-ring (bicyclic) bond motifs is 1. The summed E-state index contributed by atoms with van der Waals surface area (Å²) in [6, 6.07) is 17.5. The molecule has 1 unspecified atom stereocenters. The molecule has 0 radical (unpaired) electrons. The van der Waals surface area contributed by atoms with Gasteiger partial charge in [-0.15, -0.1) is 0 Å². The predicted octanol–water partition coefficient (Wildman–Crippen LogP) is 0.713. The zero-order valence-electron chi connectivity index (χ0n) is 18.0. The van der Waals surface area contributed by atoms with E-state index in [1.807, 2.05) is 60.7 Å². The van der Waals surface area contributed by atoms with E-state index in [1.54, 1.807) is 6.20 Å². The van der Waals surface area contributed by atoms with Gasteiger partial charge in [-0.05, 0) is 37.0 Å². The normalized spacial score (nSPS) is 13.8. The number of nitrogens with two attached hydrogens (primary N) is 3. The number of para-hydroxylation sites is 1. The summed E-state index contributed by atoms with van der Waals surface area (Å²) >= 11 is 0. The SMILES string of the molecule is NCC(N)C[C@H](N)C(=O)N[C@H](CCc1ccccc1)C(=O)Nc1c[nH+]c2ccccc2c1. The smallest absolute Gasteiger partial charge is 0.247 e. The standard InChI is InChI=1S/C24H30N6O2/c25-14-18(26)13-20(27)23(31)30-22(11-10-16-6-2-1-3-7-16)24(32)29-19-12-17-8-4-5-9-21(17)28-15-19/h1-9,12,15,18,20,22H,10-11,13-14,25-27H2,(H,29,32)(H,30,31)/p+1/t18?,20-,22+/m0/s1. The molecule has 0 fully saturated rings. The Morgan fingerprint density at radius 3 is 2.44 bits per heavy atom. The Balaban J connectivity index is 1.71. The minimum absolute atomic E-state index is 0.233. The Kier molecular flexibility index (Phi) is 8.27. The van der Waals surface area contributed by atoms with Crippen molar-refractivity contribution in [3.05, 3.63) is 72.4 Å². The summed E-state index contributed by atoms with van der Waals surface area (Å²) in [5.41, 5.74) is 20.0. The summed E-state index contributed by atoms with van der Waals surface area (Å²) in [6.45, 7) is 0.233. The van der Waals surface area contributed by atoms with Gasteiger partial charge in [0.25, 0.3) is 0 Å². The summed E-state index contributed by atoms with van der Waals surface area (Å²) in [7, 11) is 0. The molecule has 32 heavy (non-hydrogen) atoms. The van der Waals surface area contributed by atoms with Crippen molar-refractivity contribution in [2.24, 2.45) is 17.2 Å². The third-order valence-corrected chi connectivity index (χ3v) is 5.32. The molecule has 0 saturated heterocycles.